The Morgan fingerprint density at radius 2 is 1.61 bits per heavy atom. The van der Waals surface area contributed by atoms with Crippen molar-refractivity contribution in [1.82, 2.24) is 0 Å². The Bertz CT molecular complexity index is 591. The third kappa shape index (κ3) is 5.51. The molecule has 1 N–H and O–H groups in total. The molecule has 2 aromatic carbocycles. The van der Waals surface area contributed by atoms with Gasteiger partial charge in [-0.05, 0) is 55.7 Å². The minimum absolute atomic E-state index is 0.197. The molecular formula is C20H27NO2. The largest absolute Gasteiger partial charge is 0.491 e. The second kappa shape index (κ2) is 8.47. The van der Waals surface area contributed by atoms with Gasteiger partial charge < -0.3 is 14.8 Å². The van der Waals surface area contributed by atoms with Crippen molar-refractivity contribution in [2.75, 3.05) is 18.5 Å². The summed E-state index contributed by atoms with van der Waals surface area (Å²) >= 11 is 0. The Morgan fingerprint density at radius 1 is 0.913 bits per heavy atom. The predicted molar refractivity (Wildman–Crippen MR) is 96.7 cm³/mol. The van der Waals surface area contributed by atoms with Crippen LogP contribution in [0.25, 0.3) is 0 Å². The molecule has 0 heterocycles. The molecule has 0 spiro atoms. The zero-order chi connectivity index (χ0) is 16.7. The number of ether oxygens (including phenoxy) is 2. The van der Waals surface area contributed by atoms with Gasteiger partial charge in [0, 0.05) is 12.2 Å². The monoisotopic (exact) mass is 313 g/mol. The normalized spacial score (nSPS) is 10.9. The van der Waals surface area contributed by atoms with E-state index >= 15 is 0 Å². The first-order valence-corrected chi connectivity index (χ1v) is 8.28. The van der Waals surface area contributed by atoms with Gasteiger partial charge in [0.05, 0.1) is 6.10 Å². The Kier molecular flexibility index (Phi) is 6.33. The van der Waals surface area contributed by atoms with E-state index in [1.807, 2.05) is 50.2 Å². The van der Waals surface area contributed by atoms with Crippen molar-refractivity contribution < 1.29 is 9.47 Å². The molecule has 0 saturated carbocycles. The topological polar surface area (TPSA) is 30.5 Å². The molecule has 0 atom stereocenters. The number of hydrogen-bond donors (Lipinski definition) is 1. The van der Waals surface area contributed by atoms with Gasteiger partial charge in [0.2, 0.25) is 0 Å². The van der Waals surface area contributed by atoms with Crippen LogP contribution in [0.5, 0.6) is 11.5 Å². The average molecular weight is 313 g/mol. The zero-order valence-corrected chi connectivity index (χ0v) is 14.5. The van der Waals surface area contributed by atoms with Gasteiger partial charge in [0.1, 0.15) is 18.1 Å². The van der Waals surface area contributed by atoms with Gasteiger partial charge in [-0.25, -0.2) is 0 Å². The quantitative estimate of drug-likeness (QED) is 0.689. The lowest BCUT2D eigenvalue weighted by molar-refractivity contribution is 0.242. The fourth-order valence-corrected chi connectivity index (χ4v) is 2.37. The van der Waals surface area contributed by atoms with Crippen LogP contribution in [0.15, 0.2) is 48.5 Å². The van der Waals surface area contributed by atoms with Crippen LogP contribution in [0.2, 0.25) is 0 Å². The molecule has 124 valence electrons. The lowest BCUT2D eigenvalue weighted by Crippen LogP contribution is -2.12. The van der Waals surface area contributed by atoms with Crippen molar-refractivity contribution >= 4 is 5.69 Å². The molecule has 3 heteroatoms. The summed E-state index contributed by atoms with van der Waals surface area (Å²) in [4.78, 5) is 0. The maximum Gasteiger partial charge on any atom is 0.122 e. The van der Waals surface area contributed by atoms with E-state index in [1.54, 1.807) is 0 Å². The third-order valence-corrected chi connectivity index (χ3v) is 3.46. The minimum atomic E-state index is 0.197. The first-order chi connectivity index (χ1) is 11.1. The first-order valence-electron chi connectivity index (χ1n) is 8.28. The van der Waals surface area contributed by atoms with Crippen LogP contribution < -0.4 is 14.8 Å². The second-order valence-electron chi connectivity index (χ2n) is 6.16. The van der Waals surface area contributed by atoms with Gasteiger partial charge in [-0.1, -0.05) is 32.0 Å². The highest BCUT2D eigenvalue weighted by molar-refractivity contribution is 5.46. The molecule has 0 aliphatic heterocycles. The highest BCUT2D eigenvalue weighted by Gasteiger charge is 2.06. The molecule has 0 amide bonds. The average Bonchev–Trinajstić information content (AvgIpc) is 2.53. The number of rotatable bonds is 8. The van der Waals surface area contributed by atoms with Gasteiger partial charge in [-0.15, -0.1) is 0 Å². The van der Waals surface area contributed by atoms with Crippen molar-refractivity contribution in [3.05, 3.63) is 54.1 Å². The molecule has 2 rings (SSSR count). The van der Waals surface area contributed by atoms with E-state index in [0.29, 0.717) is 12.5 Å². The lowest BCUT2D eigenvalue weighted by Gasteiger charge is -2.14. The van der Waals surface area contributed by atoms with Gasteiger partial charge in [0.15, 0.2) is 0 Å². The fraction of sp³-hybridized carbons (Fsp3) is 0.400. The molecule has 2 aromatic rings. The highest BCUT2D eigenvalue weighted by Crippen LogP contribution is 2.25. The fourth-order valence-electron chi connectivity index (χ4n) is 2.37. The van der Waals surface area contributed by atoms with Gasteiger partial charge in [0.25, 0.3) is 0 Å². The van der Waals surface area contributed by atoms with Crippen LogP contribution in [0, 0.1) is 0 Å². The molecule has 0 bridgehead atoms. The zero-order valence-electron chi connectivity index (χ0n) is 14.5. The Balaban J connectivity index is 1.79. The number of hydrogen-bond acceptors (Lipinski definition) is 3. The summed E-state index contributed by atoms with van der Waals surface area (Å²) in [5, 5.41) is 3.36. The van der Waals surface area contributed by atoms with Crippen LogP contribution in [-0.4, -0.2) is 19.3 Å². The van der Waals surface area contributed by atoms with E-state index in [2.05, 4.69) is 31.3 Å². The Labute approximate surface area is 139 Å². The number of anilines is 1. The summed E-state index contributed by atoms with van der Waals surface area (Å²) in [6.07, 6.45) is 0.197. The smallest absolute Gasteiger partial charge is 0.122 e. The molecule has 0 unspecified atom stereocenters. The molecular weight excluding hydrogens is 286 g/mol. The van der Waals surface area contributed by atoms with Crippen LogP contribution in [0.3, 0.4) is 0 Å². The number of nitrogens with one attached hydrogen (secondary N) is 1. The van der Waals surface area contributed by atoms with Crippen molar-refractivity contribution in [1.29, 1.82) is 0 Å². The van der Waals surface area contributed by atoms with E-state index in [9.17, 15) is 0 Å². The molecule has 0 fully saturated rings. The molecule has 23 heavy (non-hydrogen) atoms. The van der Waals surface area contributed by atoms with Crippen molar-refractivity contribution in [3.63, 3.8) is 0 Å². The van der Waals surface area contributed by atoms with Crippen LogP contribution in [0.4, 0.5) is 5.69 Å². The SMILES string of the molecule is CC(C)Oc1ccc(NCCOc2ccccc2C(C)C)cc1. The van der Waals surface area contributed by atoms with E-state index in [4.69, 9.17) is 9.47 Å². The molecule has 3 nitrogen and oxygen atoms in total. The standard InChI is InChI=1S/C20H27NO2/c1-15(2)19-7-5-6-8-20(19)22-14-13-21-17-9-11-18(12-10-17)23-16(3)4/h5-12,15-16,21H,13-14H2,1-4H3. The molecule has 0 aliphatic carbocycles. The summed E-state index contributed by atoms with van der Waals surface area (Å²) in [6.45, 7) is 9.81. The number of benzene rings is 2. The molecule has 0 aromatic heterocycles. The summed E-state index contributed by atoms with van der Waals surface area (Å²) in [7, 11) is 0. The van der Waals surface area contributed by atoms with Crippen molar-refractivity contribution in [3.8, 4) is 11.5 Å². The minimum Gasteiger partial charge on any atom is -0.491 e. The Morgan fingerprint density at radius 3 is 2.26 bits per heavy atom. The van der Waals surface area contributed by atoms with E-state index in [1.165, 1.54) is 5.56 Å². The summed E-state index contributed by atoms with van der Waals surface area (Å²) in [5.41, 5.74) is 2.32. The van der Waals surface area contributed by atoms with Gasteiger partial charge in [-0.3, -0.25) is 0 Å². The van der Waals surface area contributed by atoms with Gasteiger partial charge in [-0.2, -0.15) is 0 Å². The maximum atomic E-state index is 5.91. The van der Waals surface area contributed by atoms with E-state index in [-0.39, 0.29) is 6.10 Å². The highest BCUT2D eigenvalue weighted by atomic mass is 16.5. The molecule has 0 saturated heterocycles. The summed E-state index contributed by atoms with van der Waals surface area (Å²) < 4.78 is 11.5. The Hall–Kier alpha value is -2.16. The maximum absolute atomic E-state index is 5.91. The third-order valence-electron chi connectivity index (χ3n) is 3.46. The summed E-state index contributed by atoms with van der Waals surface area (Å²) in [5.74, 6) is 2.34. The van der Waals surface area contributed by atoms with Crippen molar-refractivity contribution in [2.45, 2.75) is 39.7 Å². The van der Waals surface area contributed by atoms with Gasteiger partial charge >= 0.3 is 0 Å². The second-order valence-corrected chi connectivity index (χ2v) is 6.16. The van der Waals surface area contributed by atoms with Crippen LogP contribution >= 0.6 is 0 Å². The molecule has 0 aliphatic rings. The summed E-state index contributed by atoms with van der Waals surface area (Å²) in [6, 6.07) is 16.3. The van der Waals surface area contributed by atoms with Crippen LogP contribution in [0.1, 0.15) is 39.2 Å². The number of para-hydroxylation sites is 1. The van der Waals surface area contributed by atoms with E-state index in [0.717, 1.165) is 23.7 Å². The predicted octanol–water partition coefficient (Wildman–Crippen LogP) is 5.09. The van der Waals surface area contributed by atoms with E-state index < -0.39 is 0 Å². The lowest BCUT2D eigenvalue weighted by atomic mass is 10.0. The van der Waals surface area contributed by atoms with Crippen LogP contribution in [-0.2, 0) is 0 Å². The first kappa shape index (κ1) is 17.2. The molecule has 0 radical (unpaired) electrons. The van der Waals surface area contributed by atoms with Crippen molar-refractivity contribution in [2.24, 2.45) is 0 Å².